The fourth-order valence-corrected chi connectivity index (χ4v) is 6.21. The lowest BCUT2D eigenvalue weighted by molar-refractivity contribution is -0.121. The van der Waals surface area contributed by atoms with Crippen LogP contribution in [0.25, 0.3) is 0 Å². The van der Waals surface area contributed by atoms with Gasteiger partial charge in [0.25, 0.3) is 5.91 Å². The molecule has 1 fully saturated rings. The molecule has 3 aromatic rings. The summed E-state index contributed by atoms with van der Waals surface area (Å²) in [6.45, 7) is 2.45. The predicted octanol–water partition coefficient (Wildman–Crippen LogP) is 2.93. The Morgan fingerprint density at radius 2 is 1.94 bits per heavy atom. The number of benzene rings is 2. The van der Waals surface area contributed by atoms with E-state index in [4.69, 9.17) is 9.26 Å². The Bertz CT molecular complexity index is 1400. The van der Waals surface area contributed by atoms with Crippen LogP contribution in [0.5, 0.6) is 5.75 Å². The molecule has 176 valence electrons. The van der Waals surface area contributed by atoms with Gasteiger partial charge >= 0.3 is 0 Å². The van der Waals surface area contributed by atoms with Crippen molar-refractivity contribution in [3.8, 4) is 5.75 Å². The third-order valence-electron chi connectivity index (χ3n) is 6.62. The number of amides is 1. The van der Waals surface area contributed by atoms with Crippen molar-refractivity contribution >= 4 is 21.6 Å². The first-order chi connectivity index (χ1) is 16.4. The summed E-state index contributed by atoms with van der Waals surface area (Å²) in [5.41, 5.74) is 3.26. The Morgan fingerprint density at radius 1 is 1.15 bits per heavy atom. The minimum absolute atomic E-state index is 0.139. The number of aryl methyl sites for hydroxylation is 1. The van der Waals surface area contributed by atoms with E-state index in [2.05, 4.69) is 10.1 Å². The van der Waals surface area contributed by atoms with Crippen LogP contribution >= 0.6 is 0 Å². The number of nitrogens with zero attached hydrogens (tertiary/aromatic N) is 4. The van der Waals surface area contributed by atoms with Crippen LogP contribution in [0.15, 0.2) is 45.8 Å². The number of anilines is 1. The van der Waals surface area contributed by atoms with Gasteiger partial charge in [-0.15, -0.1) is 0 Å². The van der Waals surface area contributed by atoms with E-state index >= 15 is 0 Å². The lowest BCUT2D eigenvalue weighted by Crippen LogP contribution is -2.39. The number of rotatable bonds is 5. The van der Waals surface area contributed by atoms with Crippen molar-refractivity contribution in [2.75, 3.05) is 18.1 Å². The van der Waals surface area contributed by atoms with Crippen LogP contribution in [0, 0.1) is 6.92 Å². The van der Waals surface area contributed by atoms with Crippen molar-refractivity contribution in [2.45, 2.75) is 50.1 Å². The largest absolute Gasteiger partial charge is 0.482 e. The highest BCUT2D eigenvalue weighted by Crippen LogP contribution is 2.40. The molecular formula is C24H24N4O5S. The number of ether oxygens (including phenoxy) is 1. The third-order valence-corrected chi connectivity index (χ3v) is 8.61. The predicted molar refractivity (Wildman–Crippen MR) is 122 cm³/mol. The van der Waals surface area contributed by atoms with Crippen molar-refractivity contribution in [3.05, 3.63) is 64.8 Å². The molecule has 9 nitrogen and oxygen atoms in total. The average molecular weight is 481 g/mol. The number of aromatic nitrogens is 2. The SMILES string of the molecule is Cc1cc2c(cc1S(=O)(=O)N1CCc3ccccc3C1)OCC(=O)N2Cc1noc(C2CC2)n1. The number of hydrogen-bond acceptors (Lipinski definition) is 7. The summed E-state index contributed by atoms with van der Waals surface area (Å²) in [6.07, 6.45) is 2.76. The summed E-state index contributed by atoms with van der Waals surface area (Å²) in [7, 11) is -3.75. The fourth-order valence-electron chi connectivity index (χ4n) is 4.57. The minimum Gasteiger partial charge on any atom is -0.482 e. The molecule has 0 atom stereocenters. The highest BCUT2D eigenvalue weighted by Gasteiger charge is 2.34. The van der Waals surface area contributed by atoms with Crippen LogP contribution in [-0.2, 0) is 34.3 Å². The molecule has 3 aliphatic rings. The molecule has 0 saturated heterocycles. The molecule has 0 N–H and O–H groups in total. The molecule has 1 amide bonds. The van der Waals surface area contributed by atoms with Crippen LogP contribution in [0.1, 0.15) is 47.2 Å². The molecule has 34 heavy (non-hydrogen) atoms. The van der Waals surface area contributed by atoms with Gasteiger partial charge in [-0.1, -0.05) is 29.4 Å². The van der Waals surface area contributed by atoms with E-state index in [1.165, 1.54) is 20.8 Å². The van der Waals surface area contributed by atoms with Crippen LogP contribution in [0.3, 0.4) is 0 Å². The van der Waals surface area contributed by atoms with E-state index in [1.54, 1.807) is 13.0 Å². The first kappa shape index (κ1) is 21.3. The van der Waals surface area contributed by atoms with Gasteiger partial charge in [0.05, 0.1) is 17.1 Å². The quantitative estimate of drug-likeness (QED) is 0.553. The van der Waals surface area contributed by atoms with Crippen LogP contribution in [0.2, 0.25) is 0 Å². The maximum absolute atomic E-state index is 13.6. The highest BCUT2D eigenvalue weighted by molar-refractivity contribution is 7.89. The lowest BCUT2D eigenvalue weighted by atomic mass is 10.0. The number of carbonyl (C=O) groups excluding carboxylic acids is 1. The summed E-state index contributed by atoms with van der Waals surface area (Å²) >= 11 is 0. The minimum atomic E-state index is -3.75. The number of carbonyl (C=O) groups is 1. The van der Waals surface area contributed by atoms with Crippen molar-refractivity contribution in [1.82, 2.24) is 14.4 Å². The number of hydrogen-bond donors (Lipinski definition) is 0. The molecule has 0 bridgehead atoms. The lowest BCUT2D eigenvalue weighted by Gasteiger charge is -2.31. The van der Waals surface area contributed by atoms with E-state index in [0.717, 1.165) is 18.4 Å². The normalized spacial score (nSPS) is 18.4. The van der Waals surface area contributed by atoms with Crippen molar-refractivity contribution in [2.24, 2.45) is 0 Å². The number of fused-ring (bicyclic) bond motifs is 2. The molecule has 2 aliphatic heterocycles. The molecule has 1 aliphatic carbocycles. The Kier molecular flexibility index (Phi) is 4.96. The molecule has 0 radical (unpaired) electrons. The smallest absolute Gasteiger partial charge is 0.265 e. The first-order valence-electron chi connectivity index (χ1n) is 11.4. The average Bonchev–Trinajstić information content (AvgIpc) is 3.58. The monoisotopic (exact) mass is 480 g/mol. The molecule has 0 unspecified atom stereocenters. The third kappa shape index (κ3) is 3.67. The molecule has 2 aromatic carbocycles. The molecule has 1 saturated carbocycles. The van der Waals surface area contributed by atoms with Crippen LogP contribution in [-0.4, -0.2) is 41.9 Å². The second kappa shape index (κ2) is 7.92. The summed E-state index contributed by atoms with van der Waals surface area (Å²) in [5, 5.41) is 4.01. The van der Waals surface area contributed by atoms with Crippen molar-refractivity contribution < 1.29 is 22.5 Å². The zero-order valence-corrected chi connectivity index (χ0v) is 19.5. The van der Waals surface area contributed by atoms with Gasteiger partial charge in [0.1, 0.15) is 5.75 Å². The van der Waals surface area contributed by atoms with Gasteiger partial charge in [0.2, 0.25) is 15.9 Å². The van der Waals surface area contributed by atoms with E-state index in [1.807, 2.05) is 24.3 Å². The maximum Gasteiger partial charge on any atom is 0.265 e. The molecule has 10 heteroatoms. The molecule has 3 heterocycles. The van der Waals surface area contributed by atoms with E-state index < -0.39 is 10.0 Å². The second-order valence-corrected chi connectivity index (χ2v) is 10.9. The zero-order chi connectivity index (χ0) is 23.4. The van der Waals surface area contributed by atoms with Gasteiger partial charge in [-0.2, -0.15) is 9.29 Å². The van der Waals surface area contributed by atoms with Crippen molar-refractivity contribution in [1.29, 1.82) is 0 Å². The molecular weight excluding hydrogens is 456 g/mol. The maximum atomic E-state index is 13.6. The first-order valence-corrected chi connectivity index (χ1v) is 12.8. The summed E-state index contributed by atoms with van der Waals surface area (Å²) in [6, 6.07) is 11.1. The Balaban J connectivity index is 1.30. The van der Waals surface area contributed by atoms with Crippen molar-refractivity contribution in [3.63, 3.8) is 0 Å². The topological polar surface area (TPSA) is 106 Å². The van der Waals surface area contributed by atoms with Crippen LogP contribution in [0.4, 0.5) is 5.69 Å². The van der Waals surface area contributed by atoms with Gasteiger partial charge in [0.15, 0.2) is 12.4 Å². The van der Waals surface area contributed by atoms with E-state index in [-0.39, 0.29) is 24.0 Å². The Labute approximate surface area is 197 Å². The Hall–Kier alpha value is -3.24. The highest BCUT2D eigenvalue weighted by atomic mass is 32.2. The van der Waals surface area contributed by atoms with E-state index in [0.29, 0.717) is 54.1 Å². The van der Waals surface area contributed by atoms with E-state index in [9.17, 15) is 13.2 Å². The zero-order valence-electron chi connectivity index (χ0n) is 18.7. The molecule has 1 aromatic heterocycles. The van der Waals surface area contributed by atoms with Crippen LogP contribution < -0.4 is 9.64 Å². The second-order valence-electron chi connectivity index (χ2n) is 9.03. The summed E-state index contributed by atoms with van der Waals surface area (Å²) < 4.78 is 39.6. The van der Waals surface area contributed by atoms with Gasteiger partial charge < -0.3 is 9.26 Å². The van der Waals surface area contributed by atoms with Gasteiger partial charge in [-0.25, -0.2) is 8.42 Å². The fraction of sp³-hybridized carbons (Fsp3) is 0.375. The van der Waals surface area contributed by atoms with Gasteiger partial charge in [-0.3, -0.25) is 9.69 Å². The van der Waals surface area contributed by atoms with Gasteiger partial charge in [0, 0.05) is 25.1 Å². The Morgan fingerprint density at radius 3 is 2.74 bits per heavy atom. The summed E-state index contributed by atoms with van der Waals surface area (Å²) in [4.78, 5) is 18.8. The number of sulfonamides is 1. The standard InChI is InChI=1S/C24H24N4O5S/c1-15-10-19-20(32-14-23(29)28(19)13-22-25-24(33-26-22)17-6-7-17)11-21(15)34(30,31)27-9-8-16-4-2-3-5-18(16)12-27/h2-5,10-11,17H,6-9,12-14H2,1H3. The molecule has 0 spiro atoms. The summed E-state index contributed by atoms with van der Waals surface area (Å²) in [5.74, 6) is 1.46. The van der Waals surface area contributed by atoms with Gasteiger partial charge in [-0.05, 0) is 48.9 Å². The molecule has 6 rings (SSSR count).